The van der Waals surface area contributed by atoms with Crippen LogP contribution < -0.4 is 5.32 Å². The molecular weight excluding hydrogens is 270 g/mol. The molecule has 104 valence electrons. The molecule has 0 aliphatic heterocycles. The van der Waals surface area contributed by atoms with Crippen LogP contribution in [0.3, 0.4) is 0 Å². The molecule has 1 amide bonds. The van der Waals surface area contributed by atoms with E-state index in [0.717, 1.165) is 11.4 Å². The van der Waals surface area contributed by atoms with E-state index in [1.165, 1.54) is 34.7 Å². The highest BCUT2D eigenvalue weighted by atomic mass is 35.5. The first-order valence-corrected chi connectivity index (χ1v) is 7.48. The van der Waals surface area contributed by atoms with Gasteiger partial charge in [-0.05, 0) is 59.2 Å². The molecule has 3 heteroatoms. The van der Waals surface area contributed by atoms with Gasteiger partial charge in [-0.15, -0.1) is 0 Å². The lowest BCUT2D eigenvalue weighted by molar-refractivity contribution is -0.118. The van der Waals surface area contributed by atoms with Crippen molar-refractivity contribution in [1.29, 1.82) is 0 Å². The van der Waals surface area contributed by atoms with Crippen molar-refractivity contribution in [3.63, 3.8) is 0 Å². The zero-order valence-electron chi connectivity index (χ0n) is 11.6. The van der Waals surface area contributed by atoms with E-state index < -0.39 is 0 Å². The van der Waals surface area contributed by atoms with Crippen LogP contribution in [-0.2, 0) is 11.2 Å². The van der Waals surface area contributed by atoms with Gasteiger partial charge in [0.25, 0.3) is 0 Å². The number of hydrogen-bond acceptors (Lipinski definition) is 1. The predicted octanol–water partition coefficient (Wildman–Crippen LogP) is 4.05. The second-order valence-electron chi connectivity index (χ2n) is 5.52. The molecule has 2 aromatic carbocycles. The van der Waals surface area contributed by atoms with Crippen molar-refractivity contribution in [3.05, 3.63) is 46.5 Å². The Morgan fingerprint density at radius 1 is 1.35 bits per heavy atom. The third-order valence-corrected chi connectivity index (χ3v) is 4.20. The Hall–Kier alpha value is -1.54. The van der Waals surface area contributed by atoms with E-state index in [-0.39, 0.29) is 5.91 Å². The van der Waals surface area contributed by atoms with Crippen LogP contribution >= 0.6 is 11.6 Å². The van der Waals surface area contributed by atoms with Crippen LogP contribution in [0.5, 0.6) is 0 Å². The van der Waals surface area contributed by atoms with Crippen molar-refractivity contribution in [3.8, 4) is 0 Å². The number of halogens is 1. The zero-order chi connectivity index (χ0) is 14.1. The molecule has 0 radical (unpaired) electrons. The smallest absolute Gasteiger partial charge is 0.216 e. The van der Waals surface area contributed by atoms with Gasteiger partial charge in [-0.3, -0.25) is 4.79 Å². The number of fused-ring (bicyclic) bond motifs is 1. The fourth-order valence-electron chi connectivity index (χ4n) is 2.68. The minimum atomic E-state index is 0.0203. The summed E-state index contributed by atoms with van der Waals surface area (Å²) < 4.78 is 0. The highest BCUT2D eigenvalue weighted by Crippen LogP contribution is 2.44. The van der Waals surface area contributed by atoms with Gasteiger partial charge in [0.05, 0.1) is 0 Å². The van der Waals surface area contributed by atoms with Crippen molar-refractivity contribution >= 4 is 28.3 Å². The molecule has 1 aliphatic rings. The number of nitrogens with one attached hydrogen (secondary N) is 1. The van der Waals surface area contributed by atoms with E-state index in [2.05, 4.69) is 35.6 Å². The standard InChI is InChI=1S/C17H18ClNO/c1-11(20)19-8-7-12-3-2-4-14-9-17(18)16(10-15(12)14)13-5-6-13/h2-4,9-10,13H,5-8H2,1H3,(H,19,20). The van der Waals surface area contributed by atoms with E-state index in [1.807, 2.05) is 0 Å². The summed E-state index contributed by atoms with van der Waals surface area (Å²) in [5.41, 5.74) is 2.56. The Balaban J connectivity index is 1.94. The molecule has 20 heavy (non-hydrogen) atoms. The molecule has 1 saturated carbocycles. The van der Waals surface area contributed by atoms with Crippen LogP contribution in [0.25, 0.3) is 10.8 Å². The maximum Gasteiger partial charge on any atom is 0.216 e. The summed E-state index contributed by atoms with van der Waals surface area (Å²) in [6.45, 7) is 2.23. The highest BCUT2D eigenvalue weighted by Gasteiger charge is 2.26. The predicted molar refractivity (Wildman–Crippen MR) is 83.3 cm³/mol. The van der Waals surface area contributed by atoms with E-state index in [9.17, 15) is 4.79 Å². The minimum absolute atomic E-state index is 0.0203. The average molecular weight is 288 g/mol. The maximum atomic E-state index is 11.0. The molecule has 0 heterocycles. The number of benzene rings is 2. The maximum absolute atomic E-state index is 11.0. The molecule has 0 saturated heterocycles. The molecule has 0 bridgehead atoms. The summed E-state index contributed by atoms with van der Waals surface area (Å²) >= 11 is 6.38. The Morgan fingerprint density at radius 3 is 2.85 bits per heavy atom. The van der Waals surface area contributed by atoms with Gasteiger partial charge < -0.3 is 5.32 Å². The van der Waals surface area contributed by atoms with E-state index in [1.54, 1.807) is 6.92 Å². The Labute approximate surface area is 124 Å². The Morgan fingerprint density at radius 2 is 2.15 bits per heavy atom. The first-order valence-electron chi connectivity index (χ1n) is 7.10. The minimum Gasteiger partial charge on any atom is -0.356 e. The van der Waals surface area contributed by atoms with Crippen molar-refractivity contribution < 1.29 is 4.79 Å². The number of amides is 1. The summed E-state index contributed by atoms with van der Waals surface area (Å²) in [4.78, 5) is 11.0. The topological polar surface area (TPSA) is 29.1 Å². The summed E-state index contributed by atoms with van der Waals surface area (Å²) in [7, 11) is 0. The molecule has 0 spiro atoms. The van der Waals surface area contributed by atoms with Crippen LogP contribution in [0.4, 0.5) is 0 Å². The molecule has 1 N–H and O–H groups in total. The fraction of sp³-hybridized carbons (Fsp3) is 0.353. The van der Waals surface area contributed by atoms with Crippen LogP contribution in [0.15, 0.2) is 30.3 Å². The lowest BCUT2D eigenvalue weighted by Gasteiger charge is -2.10. The van der Waals surface area contributed by atoms with Gasteiger partial charge in [0.2, 0.25) is 5.91 Å². The van der Waals surface area contributed by atoms with Crippen molar-refractivity contribution in [2.45, 2.75) is 32.1 Å². The van der Waals surface area contributed by atoms with E-state index in [0.29, 0.717) is 12.5 Å². The lowest BCUT2D eigenvalue weighted by Crippen LogP contribution is -2.22. The monoisotopic (exact) mass is 287 g/mol. The fourth-order valence-corrected chi connectivity index (χ4v) is 3.00. The molecule has 1 fully saturated rings. The van der Waals surface area contributed by atoms with Crippen LogP contribution in [-0.4, -0.2) is 12.5 Å². The second kappa shape index (κ2) is 5.45. The SMILES string of the molecule is CC(=O)NCCc1cccc2cc(Cl)c(C3CC3)cc12. The number of rotatable bonds is 4. The second-order valence-corrected chi connectivity index (χ2v) is 5.93. The van der Waals surface area contributed by atoms with Gasteiger partial charge in [0.1, 0.15) is 0 Å². The Kier molecular flexibility index (Phi) is 3.66. The summed E-state index contributed by atoms with van der Waals surface area (Å²) in [5.74, 6) is 0.669. The third-order valence-electron chi connectivity index (χ3n) is 3.87. The number of carbonyl (C=O) groups excluding carboxylic acids is 1. The van der Waals surface area contributed by atoms with Gasteiger partial charge in [-0.25, -0.2) is 0 Å². The zero-order valence-corrected chi connectivity index (χ0v) is 12.3. The molecule has 0 unspecified atom stereocenters. The normalized spacial score (nSPS) is 14.5. The summed E-state index contributed by atoms with van der Waals surface area (Å²) in [6, 6.07) is 10.6. The third kappa shape index (κ3) is 2.80. The van der Waals surface area contributed by atoms with Crippen molar-refractivity contribution in [2.75, 3.05) is 6.54 Å². The first kappa shape index (κ1) is 13.4. The molecule has 0 atom stereocenters. The lowest BCUT2D eigenvalue weighted by atomic mass is 9.98. The molecule has 2 nitrogen and oxygen atoms in total. The number of hydrogen-bond donors (Lipinski definition) is 1. The molecule has 2 aromatic rings. The molecule has 3 rings (SSSR count). The van der Waals surface area contributed by atoms with Gasteiger partial charge >= 0.3 is 0 Å². The molecular formula is C17H18ClNO. The highest BCUT2D eigenvalue weighted by molar-refractivity contribution is 6.32. The van der Waals surface area contributed by atoms with Crippen LogP contribution in [0.2, 0.25) is 5.02 Å². The van der Waals surface area contributed by atoms with Gasteiger partial charge in [0.15, 0.2) is 0 Å². The van der Waals surface area contributed by atoms with Crippen LogP contribution in [0.1, 0.15) is 36.8 Å². The van der Waals surface area contributed by atoms with Crippen molar-refractivity contribution in [1.82, 2.24) is 5.32 Å². The Bertz CT molecular complexity index is 661. The summed E-state index contributed by atoms with van der Waals surface area (Å²) in [5, 5.41) is 6.19. The largest absolute Gasteiger partial charge is 0.356 e. The van der Waals surface area contributed by atoms with Gasteiger partial charge in [-0.1, -0.05) is 29.8 Å². The van der Waals surface area contributed by atoms with Crippen LogP contribution in [0, 0.1) is 0 Å². The summed E-state index contributed by atoms with van der Waals surface area (Å²) in [6.07, 6.45) is 3.35. The molecule has 0 aromatic heterocycles. The number of carbonyl (C=O) groups is 1. The van der Waals surface area contributed by atoms with Gasteiger partial charge in [-0.2, -0.15) is 0 Å². The quantitative estimate of drug-likeness (QED) is 0.903. The first-order chi connectivity index (χ1) is 9.65. The van der Waals surface area contributed by atoms with Crippen molar-refractivity contribution in [2.24, 2.45) is 0 Å². The average Bonchev–Trinajstić information content (AvgIpc) is 3.22. The van der Waals surface area contributed by atoms with E-state index >= 15 is 0 Å². The van der Waals surface area contributed by atoms with Gasteiger partial charge in [0, 0.05) is 18.5 Å². The van der Waals surface area contributed by atoms with E-state index in [4.69, 9.17) is 11.6 Å². The molecule has 1 aliphatic carbocycles.